The zero-order valence-electron chi connectivity index (χ0n) is 10.6. The Kier molecular flexibility index (Phi) is 4.22. The third-order valence-corrected chi connectivity index (χ3v) is 3.54. The quantitative estimate of drug-likeness (QED) is 0.800. The molecule has 98 valence electrons. The molecule has 0 saturated carbocycles. The Morgan fingerprint density at radius 3 is 2.21 bits per heavy atom. The average Bonchev–Trinajstić information content (AvgIpc) is 2.46. The van der Waals surface area contributed by atoms with E-state index in [9.17, 15) is 4.79 Å². The van der Waals surface area contributed by atoms with Crippen molar-refractivity contribution in [1.82, 2.24) is 0 Å². The molecule has 2 aromatic rings. The van der Waals surface area contributed by atoms with Crippen molar-refractivity contribution in [2.45, 2.75) is 0 Å². The van der Waals surface area contributed by atoms with Crippen molar-refractivity contribution in [2.75, 3.05) is 14.2 Å². The Balaban J connectivity index is 2.69. The molecule has 0 radical (unpaired) electrons. The molecule has 0 bridgehead atoms. The highest BCUT2D eigenvalue weighted by atomic mass is 79.9. The van der Waals surface area contributed by atoms with Gasteiger partial charge in [-0.2, -0.15) is 0 Å². The summed E-state index contributed by atoms with van der Waals surface area (Å²) >= 11 is 3.49. The number of carbonyl (C=O) groups excluding carboxylic acids is 1. The molecule has 2 rings (SSSR count). The number of hydrogen-bond donors (Lipinski definition) is 0. The van der Waals surface area contributed by atoms with Gasteiger partial charge in [0.1, 0.15) is 0 Å². The second-order valence-electron chi connectivity index (χ2n) is 3.89. The van der Waals surface area contributed by atoms with Crippen molar-refractivity contribution < 1.29 is 14.3 Å². The predicted octanol–water partition coefficient (Wildman–Crippen LogP) is 3.95. The summed E-state index contributed by atoms with van der Waals surface area (Å²) < 4.78 is 11.4. The van der Waals surface area contributed by atoms with Crippen molar-refractivity contribution in [2.24, 2.45) is 0 Å². The van der Waals surface area contributed by atoms with Crippen LogP contribution in [0.5, 0.6) is 11.5 Å². The zero-order chi connectivity index (χ0) is 13.8. The van der Waals surface area contributed by atoms with E-state index in [4.69, 9.17) is 9.47 Å². The van der Waals surface area contributed by atoms with Gasteiger partial charge in [0.05, 0.1) is 14.2 Å². The van der Waals surface area contributed by atoms with E-state index in [1.165, 1.54) is 0 Å². The lowest BCUT2D eigenvalue weighted by Gasteiger charge is -2.13. The summed E-state index contributed by atoms with van der Waals surface area (Å²) in [7, 11) is 3.12. The SMILES string of the molecule is COc1cc(C=O)c(-c2ccccc2Br)cc1OC. The zero-order valence-corrected chi connectivity index (χ0v) is 12.2. The fourth-order valence-corrected chi connectivity index (χ4v) is 2.40. The highest BCUT2D eigenvalue weighted by Crippen LogP contribution is 2.37. The van der Waals surface area contributed by atoms with Gasteiger partial charge in [0.15, 0.2) is 17.8 Å². The maximum absolute atomic E-state index is 11.3. The lowest BCUT2D eigenvalue weighted by atomic mass is 9.99. The summed E-state index contributed by atoms with van der Waals surface area (Å²) in [5.74, 6) is 1.14. The molecule has 4 heteroatoms. The molecule has 0 N–H and O–H groups in total. The second-order valence-corrected chi connectivity index (χ2v) is 4.75. The number of methoxy groups -OCH3 is 2. The summed E-state index contributed by atoms with van der Waals surface area (Å²) in [5, 5.41) is 0. The van der Waals surface area contributed by atoms with Crippen LogP contribution < -0.4 is 9.47 Å². The Morgan fingerprint density at radius 2 is 1.63 bits per heavy atom. The highest BCUT2D eigenvalue weighted by Gasteiger charge is 2.13. The highest BCUT2D eigenvalue weighted by molar-refractivity contribution is 9.10. The molecule has 0 aliphatic carbocycles. The van der Waals surface area contributed by atoms with Crippen LogP contribution in [0.25, 0.3) is 11.1 Å². The minimum atomic E-state index is 0.542. The van der Waals surface area contributed by atoms with Gasteiger partial charge in [-0.1, -0.05) is 34.1 Å². The monoisotopic (exact) mass is 320 g/mol. The van der Waals surface area contributed by atoms with Gasteiger partial charge < -0.3 is 9.47 Å². The summed E-state index contributed by atoms with van der Waals surface area (Å²) in [6, 6.07) is 11.2. The third-order valence-electron chi connectivity index (χ3n) is 2.85. The molecule has 0 aliphatic heterocycles. The number of aldehydes is 1. The van der Waals surface area contributed by atoms with E-state index in [0.29, 0.717) is 17.1 Å². The van der Waals surface area contributed by atoms with E-state index in [2.05, 4.69) is 15.9 Å². The average molecular weight is 321 g/mol. The molecule has 0 unspecified atom stereocenters. The van der Waals surface area contributed by atoms with Crippen LogP contribution in [0.1, 0.15) is 10.4 Å². The van der Waals surface area contributed by atoms with Gasteiger partial charge in [-0.05, 0) is 29.3 Å². The van der Waals surface area contributed by atoms with Crippen molar-refractivity contribution in [1.29, 1.82) is 0 Å². The van der Waals surface area contributed by atoms with Gasteiger partial charge in [-0.25, -0.2) is 0 Å². The Morgan fingerprint density at radius 1 is 1.00 bits per heavy atom. The van der Waals surface area contributed by atoms with E-state index in [1.807, 2.05) is 30.3 Å². The molecule has 2 aromatic carbocycles. The maximum Gasteiger partial charge on any atom is 0.161 e. The molecule has 0 fully saturated rings. The van der Waals surface area contributed by atoms with Crippen molar-refractivity contribution >= 4 is 22.2 Å². The van der Waals surface area contributed by atoms with Crippen molar-refractivity contribution in [3.63, 3.8) is 0 Å². The molecule has 19 heavy (non-hydrogen) atoms. The first kappa shape index (κ1) is 13.6. The first-order valence-corrected chi connectivity index (χ1v) is 6.46. The van der Waals surface area contributed by atoms with Crippen LogP contribution >= 0.6 is 15.9 Å². The minimum absolute atomic E-state index is 0.542. The molecule has 0 aliphatic rings. The topological polar surface area (TPSA) is 35.5 Å². The standard InChI is InChI=1S/C15H13BrO3/c1-18-14-7-10(9-17)12(8-15(14)19-2)11-5-3-4-6-13(11)16/h3-9H,1-2H3. The van der Waals surface area contributed by atoms with Gasteiger partial charge in [0, 0.05) is 10.0 Å². The molecule has 0 saturated heterocycles. The van der Waals surface area contributed by atoms with Gasteiger partial charge in [0.25, 0.3) is 0 Å². The van der Waals surface area contributed by atoms with Crippen molar-refractivity contribution in [3.8, 4) is 22.6 Å². The molecular weight excluding hydrogens is 308 g/mol. The summed E-state index contributed by atoms with van der Waals surface area (Å²) in [5.41, 5.74) is 2.30. The van der Waals surface area contributed by atoms with Crippen LogP contribution in [-0.4, -0.2) is 20.5 Å². The van der Waals surface area contributed by atoms with Gasteiger partial charge in [0.2, 0.25) is 0 Å². The lowest BCUT2D eigenvalue weighted by molar-refractivity contribution is 0.112. The molecule has 0 spiro atoms. The van der Waals surface area contributed by atoms with Gasteiger partial charge in [-0.3, -0.25) is 4.79 Å². The minimum Gasteiger partial charge on any atom is -0.493 e. The molecule has 0 aromatic heterocycles. The van der Waals surface area contributed by atoms with Gasteiger partial charge >= 0.3 is 0 Å². The largest absolute Gasteiger partial charge is 0.493 e. The lowest BCUT2D eigenvalue weighted by Crippen LogP contribution is -1.95. The molecule has 0 atom stereocenters. The Labute approximate surface area is 120 Å². The first-order valence-electron chi connectivity index (χ1n) is 5.67. The van der Waals surface area contributed by atoms with E-state index >= 15 is 0 Å². The van der Waals surface area contributed by atoms with Crippen molar-refractivity contribution in [3.05, 3.63) is 46.4 Å². The smallest absolute Gasteiger partial charge is 0.161 e. The molecule has 3 nitrogen and oxygen atoms in total. The van der Waals surface area contributed by atoms with E-state index in [1.54, 1.807) is 20.3 Å². The fraction of sp³-hybridized carbons (Fsp3) is 0.133. The van der Waals surface area contributed by atoms with Gasteiger partial charge in [-0.15, -0.1) is 0 Å². The third kappa shape index (κ3) is 2.63. The van der Waals surface area contributed by atoms with Crippen LogP contribution in [-0.2, 0) is 0 Å². The Hall–Kier alpha value is -1.81. The van der Waals surface area contributed by atoms with Crippen LogP contribution in [0.3, 0.4) is 0 Å². The van der Waals surface area contributed by atoms with Crippen LogP contribution in [0.15, 0.2) is 40.9 Å². The van der Waals surface area contributed by atoms with Crippen LogP contribution in [0.4, 0.5) is 0 Å². The predicted molar refractivity (Wildman–Crippen MR) is 78.1 cm³/mol. The number of benzene rings is 2. The number of rotatable bonds is 4. The molecule has 0 heterocycles. The summed E-state index contributed by atoms with van der Waals surface area (Å²) in [4.78, 5) is 11.3. The van der Waals surface area contributed by atoms with Crippen LogP contribution in [0, 0.1) is 0 Å². The molecular formula is C15H13BrO3. The number of hydrogen-bond acceptors (Lipinski definition) is 3. The summed E-state index contributed by atoms with van der Waals surface area (Å²) in [6.45, 7) is 0. The summed E-state index contributed by atoms with van der Waals surface area (Å²) in [6.07, 6.45) is 0.816. The normalized spacial score (nSPS) is 10.1. The maximum atomic E-state index is 11.3. The second kappa shape index (κ2) is 5.89. The number of ether oxygens (including phenoxy) is 2. The number of halogens is 1. The first-order chi connectivity index (χ1) is 9.21. The van der Waals surface area contributed by atoms with E-state index < -0.39 is 0 Å². The Bertz CT molecular complexity index is 608. The van der Waals surface area contributed by atoms with Crippen LogP contribution in [0.2, 0.25) is 0 Å². The number of carbonyl (C=O) groups is 1. The van der Waals surface area contributed by atoms with E-state index in [0.717, 1.165) is 21.9 Å². The fourth-order valence-electron chi connectivity index (χ4n) is 1.91. The van der Waals surface area contributed by atoms with E-state index in [-0.39, 0.29) is 0 Å². The molecule has 0 amide bonds.